The molecule has 2 heterocycles. The Morgan fingerprint density at radius 3 is 2.84 bits per heavy atom. The highest BCUT2D eigenvalue weighted by atomic mass is 35.5. The van der Waals surface area contributed by atoms with Gasteiger partial charge in [0.2, 0.25) is 0 Å². The first-order valence-corrected chi connectivity index (χ1v) is 9.87. The number of amidine groups is 1. The number of methoxy groups -OCH3 is 1. The molecule has 1 aliphatic carbocycles. The molecule has 0 amide bonds. The summed E-state index contributed by atoms with van der Waals surface area (Å²) < 4.78 is 54.1. The van der Waals surface area contributed by atoms with E-state index in [0.29, 0.717) is 17.0 Å². The predicted octanol–water partition coefficient (Wildman–Crippen LogP) is 3.81. The molecule has 6 nitrogen and oxygen atoms in total. The van der Waals surface area contributed by atoms with Gasteiger partial charge in [-0.25, -0.2) is 23.1 Å². The van der Waals surface area contributed by atoms with E-state index in [2.05, 4.69) is 9.98 Å². The minimum Gasteiger partial charge on any atom is -0.494 e. The van der Waals surface area contributed by atoms with Gasteiger partial charge in [-0.05, 0) is 30.5 Å². The molecule has 0 unspecified atom stereocenters. The Bertz CT molecular complexity index is 1100. The maximum atomic E-state index is 15.1. The van der Waals surface area contributed by atoms with Crippen molar-refractivity contribution in [3.05, 3.63) is 57.6 Å². The highest BCUT2D eigenvalue weighted by Crippen LogP contribution is 2.56. The van der Waals surface area contributed by atoms with E-state index in [1.54, 1.807) is 0 Å². The number of rotatable bonds is 6. The van der Waals surface area contributed by atoms with E-state index in [4.69, 9.17) is 26.8 Å². The molecule has 2 aromatic rings. The van der Waals surface area contributed by atoms with Crippen LogP contribution in [-0.4, -0.2) is 36.4 Å². The smallest absolute Gasteiger partial charge is 0.283 e. The molecule has 1 aromatic carbocycles. The molecule has 164 valence electrons. The number of benzene rings is 1. The summed E-state index contributed by atoms with van der Waals surface area (Å²) in [6, 6.07) is 3.75. The van der Waals surface area contributed by atoms with E-state index in [1.807, 2.05) is 0 Å². The first-order valence-electron chi connectivity index (χ1n) is 9.49. The molecule has 0 radical (unpaired) electrons. The van der Waals surface area contributed by atoms with Gasteiger partial charge in [0.05, 0.1) is 12.1 Å². The van der Waals surface area contributed by atoms with Gasteiger partial charge in [-0.15, -0.1) is 0 Å². The molecule has 1 aromatic heterocycles. The Kier molecular flexibility index (Phi) is 5.33. The topological polar surface area (TPSA) is 86.8 Å². The van der Waals surface area contributed by atoms with Gasteiger partial charge < -0.3 is 15.2 Å². The zero-order chi connectivity index (χ0) is 22.5. The number of halogens is 4. The number of aryl methyl sites for hydroxylation is 1. The molecule has 1 fully saturated rings. The fourth-order valence-corrected chi connectivity index (χ4v) is 4.24. The van der Waals surface area contributed by atoms with Crippen LogP contribution >= 0.6 is 11.6 Å². The van der Waals surface area contributed by atoms with Crippen molar-refractivity contribution >= 4 is 23.4 Å². The molecule has 4 rings (SSSR count). The van der Waals surface area contributed by atoms with Crippen LogP contribution in [-0.2, 0) is 16.7 Å². The van der Waals surface area contributed by atoms with Gasteiger partial charge in [-0.2, -0.15) is 0 Å². The summed E-state index contributed by atoms with van der Waals surface area (Å²) in [5.41, 5.74) is 3.67. The fraction of sp³-hybridized carbons (Fsp3) is 0.381. The van der Waals surface area contributed by atoms with Crippen LogP contribution in [0.25, 0.3) is 0 Å². The normalized spacial score (nSPS) is 24.3. The quantitative estimate of drug-likeness (QED) is 0.672. The lowest BCUT2D eigenvalue weighted by Crippen LogP contribution is -2.43. The van der Waals surface area contributed by atoms with E-state index in [0.717, 1.165) is 0 Å². The Morgan fingerprint density at radius 2 is 2.16 bits per heavy atom. The Balaban J connectivity index is 1.76. The molecule has 2 N–H and O–H groups in total. The third kappa shape index (κ3) is 3.60. The zero-order valence-electron chi connectivity index (χ0n) is 16.7. The van der Waals surface area contributed by atoms with E-state index >= 15 is 4.39 Å². The average molecular weight is 454 g/mol. The van der Waals surface area contributed by atoms with Crippen molar-refractivity contribution in [3.8, 4) is 5.75 Å². The molecular formula is C21H19ClF3N3O3. The van der Waals surface area contributed by atoms with E-state index < -0.39 is 41.6 Å². The number of hydrogen-bond donors (Lipinski definition) is 1. The molecule has 1 aliphatic heterocycles. The van der Waals surface area contributed by atoms with Crippen molar-refractivity contribution in [2.24, 2.45) is 16.6 Å². The molecule has 31 heavy (non-hydrogen) atoms. The highest BCUT2D eigenvalue weighted by Gasteiger charge is 2.64. The van der Waals surface area contributed by atoms with Crippen LogP contribution in [0.3, 0.4) is 0 Å². The van der Waals surface area contributed by atoms with Gasteiger partial charge >= 0.3 is 0 Å². The van der Waals surface area contributed by atoms with Crippen LogP contribution in [0.5, 0.6) is 5.75 Å². The molecule has 2 aliphatic rings. The Hall–Kier alpha value is -2.81. The largest absolute Gasteiger partial charge is 0.494 e. The van der Waals surface area contributed by atoms with E-state index in [9.17, 15) is 13.6 Å². The maximum Gasteiger partial charge on any atom is 0.283 e. The SMILES string of the molecule is COc1cc(Cl)cnc1C(=O)Cc1cc(C)c(F)c([C@@]2(C(F)F)N=C(N)O[C@@H]3C[C@@H]32)c1. The Morgan fingerprint density at radius 1 is 1.42 bits per heavy atom. The van der Waals surface area contributed by atoms with Crippen LogP contribution in [0.2, 0.25) is 5.02 Å². The molecule has 3 atom stereocenters. The lowest BCUT2D eigenvalue weighted by Gasteiger charge is -2.33. The third-order valence-corrected chi connectivity index (χ3v) is 5.82. The number of nitrogens with zero attached hydrogens (tertiary/aromatic N) is 2. The van der Waals surface area contributed by atoms with Crippen molar-refractivity contribution in [3.63, 3.8) is 0 Å². The predicted molar refractivity (Wildman–Crippen MR) is 107 cm³/mol. The lowest BCUT2D eigenvalue weighted by atomic mass is 9.82. The van der Waals surface area contributed by atoms with Crippen LogP contribution < -0.4 is 10.5 Å². The minimum atomic E-state index is -3.01. The Labute approximate surface area is 181 Å². The average Bonchev–Trinajstić information content (AvgIpc) is 3.49. The number of alkyl halides is 2. The summed E-state index contributed by atoms with van der Waals surface area (Å²) in [5, 5.41) is 0.293. The molecule has 1 saturated carbocycles. The lowest BCUT2D eigenvalue weighted by molar-refractivity contribution is 0.0175. The van der Waals surface area contributed by atoms with Gasteiger partial charge in [0.1, 0.15) is 23.4 Å². The third-order valence-electron chi connectivity index (χ3n) is 5.61. The maximum absolute atomic E-state index is 15.1. The summed E-state index contributed by atoms with van der Waals surface area (Å²) in [4.78, 5) is 20.7. The van der Waals surface area contributed by atoms with Crippen molar-refractivity contribution in [2.45, 2.75) is 37.8 Å². The molecular weight excluding hydrogens is 435 g/mol. The van der Waals surface area contributed by atoms with Crippen molar-refractivity contribution in [1.29, 1.82) is 0 Å². The second-order valence-electron chi connectivity index (χ2n) is 7.65. The summed E-state index contributed by atoms with van der Waals surface area (Å²) in [6.07, 6.45) is -2.15. The minimum absolute atomic E-state index is 0.0367. The van der Waals surface area contributed by atoms with Crippen LogP contribution in [0.15, 0.2) is 29.4 Å². The van der Waals surface area contributed by atoms with Gasteiger partial charge in [-0.3, -0.25) is 4.79 Å². The molecule has 0 spiro atoms. The summed E-state index contributed by atoms with van der Waals surface area (Å²) in [5.74, 6) is -1.75. The van der Waals surface area contributed by atoms with Crippen LogP contribution in [0.4, 0.5) is 13.2 Å². The number of ether oxygens (including phenoxy) is 2. The zero-order valence-corrected chi connectivity index (χ0v) is 17.4. The number of Topliss-reactive ketones (excluding diaryl/α,β-unsaturated/α-hetero) is 1. The summed E-state index contributed by atoms with van der Waals surface area (Å²) in [6.45, 7) is 1.45. The first-order chi connectivity index (χ1) is 14.7. The number of nitrogens with two attached hydrogens (primary N) is 1. The molecule has 0 bridgehead atoms. The van der Waals surface area contributed by atoms with Crippen molar-refractivity contribution < 1.29 is 27.4 Å². The number of carbonyl (C=O) groups excluding carboxylic acids is 1. The van der Waals surface area contributed by atoms with Crippen molar-refractivity contribution in [2.75, 3.05) is 7.11 Å². The van der Waals surface area contributed by atoms with E-state index in [1.165, 1.54) is 38.4 Å². The highest BCUT2D eigenvalue weighted by molar-refractivity contribution is 6.30. The fourth-order valence-electron chi connectivity index (χ4n) is 4.09. The van der Waals surface area contributed by atoms with Crippen LogP contribution in [0, 0.1) is 18.7 Å². The molecule has 10 heteroatoms. The summed E-state index contributed by atoms with van der Waals surface area (Å²) in [7, 11) is 1.37. The monoisotopic (exact) mass is 453 g/mol. The molecule has 0 saturated heterocycles. The number of ketones is 1. The van der Waals surface area contributed by atoms with Gasteiger partial charge in [0.25, 0.3) is 12.4 Å². The van der Waals surface area contributed by atoms with Crippen LogP contribution in [0.1, 0.15) is 33.6 Å². The summed E-state index contributed by atoms with van der Waals surface area (Å²) >= 11 is 5.88. The number of hydrogen-bond acceptors (Lipinski definition) is 6. The van der Waals surface area contributed by atoms with Gasteiger partial charge in [0.15, 0.2) is 11.3 Å². The first kappa shape index (κ1) is 21.4. The second-order valence-corrected chi connectivity index (χ2v) is 8.09. The van der Waals surface area contributed by atoms with Gasteiger partial charge in [0, 0.05) is 30.2 Å². The number of aromatic nitrogens is 1. The number of fused-ring (bicyclic) bond motifs is 1. The number of aliphatic imine (C=N–C) groups is 1. The number of carbonyl (C=O) groups is 1. The second kappa shape index (κ2) is 7.71. The van der Waals surface area contributed by atoms with Gasteiger partial charge in [-0.1, -0.05) is 17.7 Å². The standard InChI is InChI=1S/C21H19ClF3N3O3/c1-9-3-10(5-14(29)18-16(30-2)6-11(22)8-27-18)4-13(17(9)23)21(19(24)25)12-7-15(12)31-20(26)28-21/h3-4,6,8,12,15,19H,5,7H2,1-2H3,(H2,26,28)/t12-,15+,21-/m0/s1. The number of pyridine rings is 1. The van der Waals surface area contributed by atoms with E-state index in [-0.39, 0.29) is 29.0 Å². The van der Waals surface area contributed by atoms with Crippen molar-refractivity contribution in [1.82, 2.24) is 4.98 Å².